The van der Waals surface area contributed by atoms with Gasteiger partial charge in [0.05, 0.1) is 0 Å². The van der Waals surface area contributed by atoms with Crippen LogP contribution in [0, 0.1) is 0 Å². The molecule has 0 bridgehead atoms. The molecule has 0 aliphatic heterocycles. The summed E-state index contributed by atoms with van der Waals surface area (Å²) in [5, 5.41) is 0. The molecule has 0 N–H and O–H groups in total. The van der Waals surface area contributed by atoms with E-state index >= 15 is 0 Å². The highest BCUT2D eigenvalue weighted by Gasteiger charge is 2.35. The summed E-state index contributed by atoms with van der Waals surface area (Å²) in [7, 11) is -0.961. The van der Waals surface area contributed by atoms with Crippen molar-refractivity contribution in [2.24, 2.45) is 0 Å². The zero-order valence-electron chi connectivity index (χ0n) is 8.14. The van der Waals surface area contributed by atoms with E-state index in [9.17, 15) is 4.57 Å². The van der Waals surface area contributed by atoms with Crippen molar-refractivity contribution in [3.05, 3.63) is 17.2 Å². The van der Waals surface area contributed by atoms with E-state index in [0.29, 0.717) is 0 Å². The van der Waals surface area contributed by atoms with Gasteiger partial charge in [-0.1, -0.05) is 5.57 Å². The minimum absolute atomic E-state index is 0.0995. The van der Waals surface area contributed by atoms with Crippen LogP contribution in [-0.2, 0) is 13.6 Å². The molecule has 74 valence electrons. The monoisotopic (exact) mass is 204 g/mol. The third-order valence-corrected chi connectivity index (χ3v) is 3.02. The van der Waals surface area contributed by atoms with Crippen LogP contribution < -0.4 is 0 Å². The largest absolute Gasteiger partial charge is 0.441 e. The zero-order chi connectivity index (χ0) is 10.5. The van der Waals surface area contributed by atoms with E-state index in [1.807, 2.05) is 0 Å². The van der Waals surface area contributed by atoms with Crippen molar-refractivity contribution in [1.29, 1.82) is 0 Å². The molecule has 0 saturated carbocycles. The topological polar surface area (TPSA) is 71.9 Å². The van der Waals surface area contributed by atoms with Crippen molar-refractivity contribution >= 4 is 13.0 Å². The second-order valence-electron chi connectivity index (χ2n) is 2.54. The molecule has 6 heteroatoms. The van der Waals surface area contributed by atoms with Gasteiger partial charge in [-0.05, 0) is 13.8 Å². The van der Waals surface area contributed by atoms with Gasteiger partial charge in [0.15, 0.2) is 0 Å². The molecular formula is C7H13N2O3P. The number of nitrogens with zero attached hydrogens (tertiary/aromatic N) is 2. The van der Waals surface area contributed by atoms with Crippen LogP contribution in [0.5, 0.6) is 0 Å². The summed E-state index contributed by atoms with van der Waals surface area (Å²) in [6.07, 6.45) is 1.44. The maximum absolute atomic E-state index is 11.6. The Morgan fingerprint density at radius 2 is 1.85 bits per heavy atom. The van der Waals surface area contributed by atoms with Crippen molar-refractivity contribution < 1.29 is 18.4 Å². The van der Waals surface area contributed by atoms with Crippen LogP contribution in [0.25, 0.3) is 5.53 Å². The second kappa shape index (κ2) is 5.10. The molecular weight excluding hydrogens is 191 g/mol. The van der Waals surface area contributed by atoms with Crippen molar-refractivity contribution in [3.8, 4) is 0 Å². The maximum Gasteiger partial charge on any atom is 0.441 e. The molecule has 0 radical (unpaired) electrons. The van der Waals surface area contributed by atoms with E-state index in [4.69, 9.17) is 5.53 Å². The lowest BCUT2D eigenvalue weighted by Gasteiger charge is -2.06. The van der Waals surface area contributed by atoms with E-state index in [-0.39, 0.29) is 5.45 Å². The quantitative estimate of drug-likeness (QED) is 0.304. The lowest BCUT2D eigenvalue weighted by molar-refractivity contribution is -0.00153. The van der Waals surface area contributed by atoms with Gasteiger partial charge in [-0.2, -0.15) is 4.79 Å². The molecule has 0 spiro atoms. The summed E-state index contributed by atoms with van der Waals surface area (Å²) < 4.78 is 20.9. The van der Waals surface area contributed by atoms with Gasteiger partial charge in [0.2, 0.25) is 0 Å². The first-order valence-corrected chi connectivity index (χ1v) is 5.13. The van der Waals surface area contributed by atoms with Crippen LogP contribution in [0.2, 0.25) is 0 Å². The number of allylic oxidation sites excluding steroid dienone is 2. The van der Waals surface area contributed by atoms with Gasteiger partial charge in [0.25, 0.3) is 0 Å². The Morgan fingerprint density at radius 1 is 1.38 bits per heavy atom. The van der Waals surface area contributed by atoms with Gasteiger partial charge >= 0.3 is 13.0 Å². The predicted molar refractivity (Wildman–Crippen MR) is 49.7 cm³/mol. The molecule has 0 rings (SSSR count). The number of hydrogen-bond acceptors (Lipinski definition) is 3. The van der Waals surface area contributed by atoms with E-state index < -0.39 is 7.60 Å². The average molecular weight is 204 g/mol. The normalized spacial score (nSPS) is 10.5. The minimum Gasteiger partial charge on any atom is -0.360 e. The Hall–Kier alpha value is -0.730. The van der Waals surface area contributed by atoms with Crippen molar-refractivity contribution in [3.63, 3.8) is 0 Å². The van der Waals surface area contributed by atoms with Gasteiger partial charge in [0, 0.05) is 20.3 Å². The first kappa shape index (κ1) is 12.3. The molecule has 5 nitrogen and oxygen atoms in total. The summed E-state index contributed by atoms with van der Waals surface area (Å²) in [5.74, 6) is 0. The van der Waals surface area contributed by atoms with Crippen molar-refractivity contribution in [1.82, 2.24) is 0 Å². The van der Waals surface area contributed by atoms with Crippen molar-refractivity contribution in [2.75, 3.05) is 14.2 Å². The Kier molecular flexibility index (Phi) is 4.81. The standard InChI is InChI=1S/C7H13N2O3P/c1-6(2)5-7(9-8)13(10,11-3)12-4/h5H,1-4H3. The molecule has 0 aromatic rings. The van der Waals surface area contributed by atoms with E-state index in [1.165, 1.54) is 20.3 Å². The Balaban J connectivity index is 5.12. The summed E-state index contributed by atoms with van der Waals surface area (Å²) in [6.45, 7) is 3.56. The fourth-order valence-electron chi connectivity index (χ4n) is 0.682. The average Bonchev–Trinajstić information content (AvgIpc) is 2.12. The molecule has 0 aromatic heterocycles. The summed E-state index contributed by atoms with van der Waals surface area (Å²) >= 11 is 0. The first-order valence-electron chi connectivity index (χ1n) is 3.59. The summed E-state index contributed by atoms with van der Waals surface area (Å²) in [5.41, 5.74) is 9.32. The van der Waals surface area contributed by atoms with Gasteiger partial charge in [-0.15, -0.1) is 0 Å². The minimum atomic E-state index is -3.42. The van der Waals surface area contributed by atoms with Gasteiger partial charge in [-0.3, -0.25) is 0 Å². The lowest BCUT2D eigenvalue weighted by Crippen LogP contribution is -2.02. The molecule has 0 aliphatic carbocycles. The SMILES string of the molecule is COP(=O)(OC)C(C=C(C)C)=[N+]=[N-]. The molecule has 0 aromatic carbocycles. The first-order chi connectivity index (χ1) is 6.00. The molecule has 0 saturated heterocycles. The Bertz CT molecular complexity index is 293. The lowest BCUT2D eigenvalue weighted by atomic mass is 10.3. The van der Waals surface area contributed by atoms with E-state index in [0.717, 1.165) is 5.57 Å². The van der Waals surface area contributed by atoms with E-state index in [1.54, 1.807) is 13.8 Å². The maximum atomic E-state index is 11.6. The Labute approximate surface area is 77.5 Å². The van der Waals surface area contributed by atoms with Crippen LogP contribution in [0.4, 0.5) is 0 Å². The molecule has 0 heterocycles. The molecule has 13 heavy (non-hydrogen) atoms. The highest BCUT2D eigenvalue weighted by atomic mass is 31.2. The Morgan fingerprint density at radius 3 is 2.08 bits per heavy atom. The molecule has 0 unspecified atom stereocenters. The van der Waals surface area contributed by atoms with Crippen LogP contribution in [0.15, 0.2) is 11.6 Å². The molecule has 0 aliphatic rings. The predicted octanol–water partition coefficient (Wildman–Crippen LogP) is 2.07. The van der Waals surface area contributed by atoms with Gasteiger partial charge < -0.3 is 14.6 Å². The fraction of sp³-hybridized carbons (Fsp3) is 0.571. The smallest absolute Gasteiger partial charge is 0.360 e. The van der Waals surface area contributed by atoms with Gasteiger partial charge in [-0.25, -0.2) is 4.57 Å². The summed E-state index contributed by atoms with van der Waals surface area (Å²) in [4.78, 5) is 2.87. The highest BCUT2D eigenvalue weighted by Crippen LogP contribution is 2.47. The van der Waals surface area contributed by atoms with Crippen molar-refractivity contribution in [2.45, 2.75) is 13.8 Å². The van der Waals surface area contributed by atoms with Crippen LogP contribution in [0.3, 0.4) is 0 Å². The summed E-state index contributed by atoms with van der Waals surface area (Å²) in [6, 6.07) is 0. The number of rotatable bonds is 4. The number of hydrogen-bond donors (Lipinski definition) is 0. The third-order valence-electron chi connectivity index (χ3n) is 1.28. The zero-order valence-corrected chi connectivity index (χ0v) is 9.04. The highest BCUT2D eigenvalue weighted by molar-refractivity contribution is 7.72. The van der Waals surface area contributed by atoms with E-state index in [2.05, 4.69) is 13.8 Å². The van der Waals surface area contributed by atoms with Crippen LogP contribution in [0.1, 0.15) is 13.8 Å². The molecule has 0 fully saturated rings. The van der Waals surface area contributed by atoms with Gasteiger partial charge in [0.1, 0.15) is 0 Å². The molecule has 0 atom stereocenters. The third kappa shape index (κ3) is 3.25. The molecule has 0 amide bonds. The second-order valence-corrected chi connectivity index (χ2v) is 4.73. The fourth-order valence-corrected chi connectivity index (χ4v) is 1.73. The van der Waals surface area contributed by atoms with Crippen LogP contribution >= 0.6 is 7.60 Å². The van der Waals surface area contributed by atoms with Crippen LogP contribution in [-0.4, -0.2) is 24.5 Å².